The standard InChI is InChI=1S/C23H13Cl2N3O2S/c24-18-10-9-16(11-19(18)25)28-22(30)17-3-1-2-4-20(17)27-23(28)31-13-21(29)15-7-5-14(12-26)6-8-15/h1-11H,13H2. The van der Waals surface area contributed by atoms with E-state index in [1.807, 2.05) is 6.07 Å². The van der Waals surface area contributed by atoms with Crippen LogP contribution in [0.25, 0.3) is 16.6 Å². The van der Waals surface area contributed by atoms with Gasteiger partial charge in [-0.05, 0) is 42.5 Å². The van der Waals surface area contributed by atoms with Crippen LogP contribution in [0.4, 0.5) is 0 Å². The first kappa shape index (κ1) is 21.1. The minimum Gasteiger partial charge on any atom is -0.293 e. The maximum Gasteiger partial charge on any atom is 0.266 e. The quantitative estimate of drug-likeness (QED) is 0.219. The van der Waals surface area contributed by atoms with Crippen LogP contribution in [-0.2, 0) is 0 Å². The van der Waals surface area contributed by atoms with Crippen LogP contribution in [0.1, 0.15) is 15.9 Å². The molecule has 0 aliphatic rings. The Hall–Kier alpha value is -3.11. The zero-order valence-electron chi connectivity index (χ0n) is 15.9. The van der Waals surface area contributed by atoms with Crippen LogP contribution < -0.4 is 5.56 Å². The Balaban J connectivity index is 1.75. The van der Waals surface area contributed by atoms with Gasteiger partial charge < -0.3 is 0 Å². The van der Waals surface area contributed by atoms with Gasteiger partial charge >= 0.3 is 0 Å². The van der Waals surface area contributed by atoms with E-state index in [9.17, 15) is 9.59 Å². The number of carbonyl (C=O) groups is 1. The van der Waals surface area contributed by atoms with E-state index in [2.05, 4.69) is 4.98 Å². The lowest BCUT2D eigenvalue weighted by Gasteiger charge is -2.13. The average Bonchev–Trinajstić information content (AvgIpc) is 2.79. The summed E-state index contributed by atoms with van der Waals surface area (Å²) in [6, 6.07) is 20.3. The molecule has 0 radical (unpaired) electrons. The molecule has 0 fully saturated rings. The molecule has 0 unspecified atom stereocenters. The van der Waals surface area contributed by atoms with E-state index in [0.29, 0.717) is 42.9 Å². The molecule has 0 bridgehead atoms. The lowest BCUT2D eigenvalue weighted by Crippen LogP contribution is -2.22. The van der Waals surface area contributed by atoms with Gasteiger partial charge in [-0.2, -0.15) is 5.26 Å². The van der Waals surface area contributed by atoms with Crippen molar-refractivity contribution < 1.29 is 4.79 Å². The largest absolute Gasteiger partial charge is 0.293 e. The van der Waals surface area contributed by atoms with E-state index < -0.39 is 0 Å². The number of nitriles is 1. The van der Waals surface area contributed by atoms with Gasteiger partial charge in [0.1, 0.15) is 0 Å². The normalized spacial score (nSPS) is 10.7. The number of Topliss-reactive ketones (excluding diaryl/α,β-unsaturated/α-hetero) is 1. The lowest BCUT2D eigenvalue weighted by atomic mass is 10.1. The second kappa shape index (κ2) is 8.94. The molecule has 0 N–H and O–H groups in total. The van der Waals surface area contributed by atoms with Gasteiger partial charge in [0.2, 0.25) is 0 Å². The molecule has 0 amide bonds. The highest BCUT2D eigenvalue weighted by Gasteiger charge is 2.16. The van der Waals surface area contributed by atoms with E-state index in [0.717, 1.165) is 11.8 Å². The van der Waals surface area contributed by atoms with Crippen molar-refractivity contribution in [2.75, 3.05) is 5.75 Å². The Bertz CT molecular complexity index is 1410. The van der Waals surface area contributed by atoms with Gasteiger partial charge in [-0.3, -0.25) is 14.2 Å². The highest BCUT2D eigenvalue weighted by atomic mass is 35.5. The number of halogens is 2. The summed E-state index contributed by atoms with van der Waals surface area (Å²) < 4.78 is 1.43. The Kier molecular flexibility index (Phi) is 6.10. The van der Waals surface area contributed by atoms with Gasteiger partial charge in [-0.25, -0.2) is 4.98 Å². The fraction of sp³-hybridized carbons (Fsp3) is 0.0435. The molecule has 0 aliphatic heterocycles. The molecule has 0 saturated heterocycles. The molecule has 5 nitrogen and oxygen atoms in total. The zero-order valence-corrected chi connectivity index (χ0v) is 18.2. The molecule has 4 aromatic rings. The zero-order chi connectivity index (χ0) is 22.0. The molecule has 152 valence electrons. The smallest absolute Gasteiger partial charge is 0.266 e. The number of rotatable bonds is 5. The molecular formula is C23H13Cl2N3O2S. The molecule has 0 aliphatic carbocycles. The van der Waals surface area contributed by atoms with Crippen molar-refractivity contribution >= 4 is 51.6 Å². The predicted octanol–water partition coefficient (Wildman–Crippen LogP) is 5.54. The van der Waals surface area contributed by atoms with Crippen molar-refractivity contribution in [3.8, 4) is 11.8 Å². The molecule has 0 saturated carbocycles. The monoisotopic (exact) mass is 465 g/mol. The van der Waals surface area contributed by atoms with Crippen molar-refractivity contribution in [3.05, 3.63) is 98.3 Å². The third-order valence-corrected chi connectivity index (χ3v) is 6.25. The summed E-state index contributed by atoms with van der Waals surface area (Å²) in [4.78, 5) is 30.5. The highest BCUT2D eigenvalue weighted by molar-refractivity contribution is 7.99. The number of fused-ring (bicyclic) bond motifs is 1. The number of hydrogen-bond acceptors (Lipinski definition) is 5. The maximum absolute atomic E-state index is 13.2. The summed E-state index contributed by atoms with van der Waals surface area (Å²) in [5.74, 6) is -0.0737. The molecule has 8 heteroatoms. The summed E-state index contributed by atoms with van der Waals surface area (Å²) in [5.41, 5.74) is 1.74. The van der Waals surface area contributed by atoms with Gasteiger partial charge in [0.05, 0.1) is 44.0 Å². The van der Waals surface area contributed by atoms with Gasteiger partial charge in [0.25, 0.3) is 5.56 Å². The van der Waals surface area contributed by atoms with E-state index in [1.165, 1.54) is 4.57 Å². The van der Waals surface area contributed by atoms with Crippen LogP contribution in [0, 0.1) is 11.3 Å². The maximum atomic E-state index is 13.2. The van der Waals surface area contributed by atoms with Crippen LogP contribution in [0.2, 0.25) is 10.0 Å². The first-order chi connectivity index (χ1) is 15.0. The fourth-order valence-electron chi connectivity index (χ4n) is 3.01. The fourth-order valence-corrected chi connectivity index (χ4v) is 4.20. The number of benzene rings is 3. The molecule has 3 aromatic carbocycles. The molecule has 1 aromatic heterocycles. The van der Waals surface area contributed by atoms with Gasteiger partial charge in [-0.1, -0.05) is 59.2 Å². The summed E-state index contributed by atoms with van der Waals surface area (Å²) in [6.07, 6.45) is 0. The van der Waals surface area contributed by atoms with Crippen molar-refractivity contribution in [2.24, 2.45) is 0 Å². The molecule has 4 rings (SSSR count). The summed E-state index contributed by atoms with van der Waals surface area (Å²) in [6.45, 7) is 0. The van der Waals surface area contributed by atoms with E-state index in [4.69, 9.17) is 28.5 Å². The Labute approximate surface area is 191 Å². The lowest BCUT2D eigenvalue weighted by molar-refractivity contribution is 0.102. The van der Waals surface area contributed by atoms with Gasteiger partial charge in [0, 0.05) is 5.56 Å². The Morgan fingerprint density at radius 3 is 2.48 bits per heavy atom. The minimum atomic E-state index is -0.266. The van der Waals surface area contributed by atoms with Crippen LogP contribution in [-0.4, -0.2) is 21.1 Å². The van der Waals surface area contributed by atoms with Crippen LogP contribution in [0.5, 0.6) is 0 Å². The SMILES string of the molecule is N#Cc1ccc(C(=O)CSc2nc3ccccc3c(=O)n2-c2ccc(Cl)c(Cl)c2)cc1. The summed E-state index contributed by atoms with van der Waals surface area (Å²) in [5, 5.41) is 10.4. The molecule has 31 heavy (non-hydrogen) atoms. The van der Waals surface area contributed by atoms with E-state index in [-0.39, 0.29) is 17.1 Å². The van der Waals surface area contributed by atoms with E-state index >= 15 is 0 Å². The number of para-hydroxylation sites is 1. The van der Waals surface area contributed by atoms with Crippen LogP contribution in [0.3, 0.4) is 0 Å². The van der Waals surface area contributed by atoms with Crippen molar-refractivity contribution in [1.29, 1.82) is 5.26 Å². The number of hydrogen-bond donors (Lipinski definition) is 0. The highest BCUT2D eigenvalue weighted by Crippen LogP contribution is 2.27. The topological polar surface area (TPSA) is 75.8 Å². The first-order valence-electron chi connectivity index (χ1n) is 9.11. The Morgan fingerprint density at radius 2 is 1.77 bits per heavy atom. The van der Waals surface area contributed by atoms with Crippen LogP contribution >= 0.6 is 35.0 Å². The summed E-state index contributed by atoms with van der Waals surface area (Å²) in [7, 11) is 0. The number of aromatic nitrogens is 2. The van der Waals surface area contributed by atoms with Gasteiger partial charge in [0.15, 0.2) is 10.9 Å². The van der Waals surface area contributed by atoms with Crippen LogP contribution in [0.15, 0.2) is 76.7 Å². The molecule has 1 heterocycles. The predicted molar refractivity (Wildman–Crippen MR) is 124 cm³/mol. The second-order valence-corrected chi connectivity index (χ2v) is 8.31. The van der Waals surface area contributed by atoms with Gasteiger partial charge in [-0.15, -0.1) is 0 Å². The summed E-state index contributed by atoms with van der Waals surface area (Å²) >= 11 is 13.4. The number of nitrogens with zero attached hydrogens (tertiary/aromatic N) is 3. The molecule has 0 atom stereocenters. The number of carbonyl (C=O) groups excluding carboxylic acids is 1. The molecular weight excluding hydrogens is 453 g/mol. The average molecular weight is 466 g/mol. The van der Waals surface area contributed by atoms with Crippen molar-refractivity contribution in [1.82, 2.24) is 9.55 Å². The number of ketones is 1. The number of thioether (sulfide) groups is 1. The third-order valence-electron chi connectivity index (χ3n) is 4.57. The second-order valence-electron chi connectivity index (χ2n) is 6.55. The molecule has 0 spiro atoms. The van der Waals surface area contributed by atoms with E-state index in [1.54, 1.807) is 66.7 Å². The first-order valence-corrected chi connectivity index (χ1v) is 10.9. The van der Waals surface area contributed by atoms with Crippen molar-refractivity contribution in [2.45, 2.75) is 5.16 Å². The minimum absolute atomic E-state index is 0.0675. The van der Waals surface area contributed by atoms with Crippen molar-refractivity contribution in [3.63, 3.8) is 0 Å². The Morgan fingerprint density at radius 1 is 1.03 bits per heavy atom. The third kappa shape index (κ3) is 4.35.